The maximum absolute atomic E-state index is 12.4. The number of benzene rings is 1. The molecule has 3 rings (SSSR count). The van der Waals surface area contributed by atoms with E-state index in [2.05, 4.69) is 5.32 Å². The highest BCUT2D eigenvalue weighted by Gasteiger charge is 2.42. The van der Waals surface area contributed by atoms with Gasteiger partial charge in [0.05, 0.1) is 12.1 Å². The van der Waals surface area contributed by atoms with Crippen molar-refractivity contribution in [3.8, 4) is 0 Å². The quantitative estimate of drug-likeness (QED) is 0.792. The van der Waals surface area contributed by atoms with Crippen molar-refractivity contribution < 1.29 is 4.79 Å². The van der Waals surface area contributed by atoms with Gasteiger partial charge in [0.2, 0.25) is 0 Å². The molecule has 0 aromatic heterocycles. The second kappa shape index (κ2) is 4.82. The fourth-order valence-corrected chi connectivity index (χ4v) is 3.38. The van der Waals surface area contributed by atoms with E-state index in [1.54, 1.807) is 0 Å². The van der Waals surface area contributed by atoms with Crippen LogP contribution in [0.3, 0.4) is 0 Å². The molecular formula is C15H20N2O. The molecule has 0 spiro atoms. The summed E-state index contributed by atoms with van der Waals surface area (Å²) in [5.41, 5.74) is 7.28. The molecule has 4 atom stereocenters. The van der Waals surface area contributed by atoms with E-state index in [0.29, 0.717) is 6.04 Å². The summed E-state index contributed by atoms with van der Waals surface area (Å²) in [5, 5.41) is 3.61. The van der Waals surface area contributed by atoms with E-state index >= 15 is 0 Å². The summed E-state index contributed by atoms with van der Waals surface area (Å²) in [6.45, 7) is 0. The normalized spacial score (nSPS) is 36.2. The average Bonchev–Trinajstić information content (AvgIpc) is 2.44. The van der Waals surface area contributed by atoms with Gasteiger partial charge in [-0.1, -0.05) is 43.2 Å². The molecule has 1 aliphatic carbocycles. The lowest BCUT2D eigenvalue weighted by Gasteiger charge is -2.42. The predicted molar refractivity (Wildman–Crippen MR) is 71.0 cm³/mol. The van der Waals surface area contributed by atoms with Crippen molar-refractivity contribution in [1.29, 1.82) is 0 Å². The monoisotopic (exact) mass is 244 g/mol. The molecule has 1 heterocycles. The van der Waals surface area contributed by atoms with Crippen LogP contribution in [0.4, 0.5) is 0 Å². The molecule has 2 fully saturated rings. The number of hydrogen-bond acceptors (Lipinski definition) is 3. The van der Waals surface area contributed by atoms with Crippen LogP contribution in [0, 0.1) is 5.92 Å². The number of fused-ring (bicyclic) bond motifs is 1. The van der Waals surface area contributed by atoms with Gasteiger partial charge in [0, 0.05) is 12.0 Å². The first kappa shape index (κ1) is 11.9. The lowest BCUT2D eigenvalue weighted by atomic mass is 9.74. The van der Waals surface area contributed by atoms with Crippen molar-refractivity contribution in [2.24, 2.45) is 11.7 Å². The number of Topliss-reactive ketones (excluding diaryl/α,β-unsaturated/α-hetero) is 1. The first-order chi connectivity index (χ1) is 8.77. The number of hydrogen-bond donors (Lipinski definition) is 2. The van der Waals surface area contributed by atoms with Crippen LogP contribution in [0.1, 0.15) is 37.3 Å². The van der Waals surface area contributed by atoms with Crippen molar-refractivity contribution in [1.82, 2.24) is 5.32 Å². The number of nitrogens with two attached hydrogens (primary N) is 1. The Bertz CT molecular complexity index is 431. The molecule has 1 aromatic carbocycles. The van der Waals surface area contributed by atoms with Gasteiger partial charge in [-0.25, -0.2) is 0 Å². The molecule has 3 heteroatoms. The minimum Gasteiger partial charge on any atom is -0.320 e. The molecule has 1 saturated heterocycles. The summed E-state index contributed by atoms with van der Waals surface area (Å²) < 4.78 is 0. The Labute approximate surface area is 108 Å². The summed E-state index contributed by atoms with van der Waals surface area (Å²) in [6.07, 6.45) is 4.49. The highest BCUT2D eigenvalue weighted by atomic mass is 16.1. The lowest BCUT2D eigenvalue weighted by molar-refractivity contribution is -0.129. The third-order valence-electron chi connectivity index (χ3n) is 4.37. The molecule has 1 aliphatic heterocycles. The van der Waals surface area contributed by atoms with Crippen LogP contribution in [0.2, 0.25) is 0 Å². The molecule has 3 N–H and O–H groups in total. The topological polar surface area (TPSA) is 55.1 Å². The Morgan fingerprint density at radius 1 is 1.11 bits per heavy atom. The van der Waals surface area contributed by atoms with Crippen LogP contribution >= 0.6 is 0 Å². The zero-order chi connectivity index (χ0) is 12.5. The standard InChI is InChI=1S/C15H20N2O/c16-13-14(10-6-2-1-3-7-10)17-12-9-5-4-8-11(12)15(13)18/h1-3,6-7,11-14,17H,4-5,8-9,16H2. The average molecular weight is 244 g/mol. The van der Waals surface area contributed by atoms with Crippen molar-refractivity contribution >= 4 is 5.78 Å². The van der Waals surface area contributed by atoms with Crippen molar-refractivity contribution in [3.05, 3.63) is 35.9 Å². The molecule has 0 bridgehead atoms. The van der Waals surface area contributed by atoms with E-state index in [4.69, 9.17) is 5.73 Å². The van der Waals surface area contributed by atoms with Crippen LogP contribution in [-0.4, -0.2) is 17.9 Å². The number of nitrogens with one attached hydrogen (secondary N) is 1. The van der Waals surface area contributed by atoms with Crippen LogP contribution in [0.5, 0.6) is 0 Å². The first-order valence-corrected chi connectivity index (χ1v) is 6.87. The predicted octanol–water partition coefficient (Wildman–Crippen LogP) is 1.79. The van der Waals surface area contributed by atoms with Crippen LogP contribution < -0.4 is 11.1 Å². The van der Waals surface area contributed by atoms with Crippen LogP contribution in [-0.2, 0) is 4.79 Å². The van der Waals surface area contributed by atoms with Gasteiger partial charge < -0.3 is 11.1 Å². The van der Waals surface area contributed by atoms with Crippen LogP contribution in [0.25, 0.3) is 0 Å². The van der Waals surface area contributed by atoms with Crippen molar-refractivity contribution in [3.63, 3.8) is 0 Å². The summed E-state index contributed by atoms with van der Waals surface area (Å²) in [5.74, 6) is 0.404. The van der Waals surface area contributed by atoms with Gasteiger partial charge in [0.1, 0.15) is 0 Å². The maximum atomic E-state index is 12.4. The summed E-state index contributed by atoms with van der Waals surface area (Å²) in [7, 11) is 0. The number of carbonyl (C=O) groups excluding carboxylic acids is 1. The highest BCUT2D eigenvalue weighted by Crippen LogP contribution is 2.34. The van der Waals surface area contributed by atoms with Gasteiger partial charge >= 0.3 is 0 Å². The zero-order valence-electron chi connectivity index (χ0n) is 10.5. The Morgan fingerprint density at radius 2 is 1.83 bits per heavy atom. The largest absolute Gasteiger partial charge is 0.320 e. The van der Waals surface area contributed by atoms with Gasteiger partial charge in [0.25, 0.3) is 0 Å². The van der Waals surface area contributed by atoms with E-state index < -0.39 is 6.04 Å². The minimum absolute atomic E-state index is 0.0157. The maximum Gasteiger partial charge on any atom is 0.156 e. The molecule has 2 aliphatic rings. The molecule has 0 amide bonds. The number of carbonyl (C=O) groups is 1. The van der Waals surface area contributed by atoms with E-state index in [1.807, 2.05) is 30.3 Å². The smallest absolute Gasteiger partial charge is 0.156 e. The summed E-state index contributed by atoms with van der Waals surface area (Å²) in [4.78, 5) is 12.4. The van der Waals surface area contributed by atoms with E-state index in [1.165, 1.54) is 6.42 Å². The molecule has 0 radical (unpaired) electrons. The van der Waals surface area contributed by atoms with E-state index in [9.17, 15) is 4.79 Å². The summed E-state index contributed by atoms with van der Waals surface area (Å²) >= 11 is 0. The second-order valence-electron chi connectivity index (χ2n) is 5.48. The zero-order valence-corrected chi connectivity index (χ0v) is 10.5. The van der Waals surface area contributed by atoms with Gasteiger partial charge in [0.15, 0.2) is 5.78 Å². The summed E-state index contributed by atoms with van der Waals surface area (Å²) in [6, 6.07) is 10.0. The van der Waals surface area contributed by atoms with E-state index in [0.717, 1.165) is 24.8 Å². The van der Waals surface area contributed by atoms with Gasteiger partial charge in [-0.05, 0) is 18.4 Å². The van der Waals surface area contributed by atoms with Crippen molar-refractivity contribution in [2.45, 2.75) is 43.8 Å². The Kier molecular flexibility index (Phi) is 3.18. The number of piperidine rings is 1. The lowest BCUT2D eigenvalue weighted by Crippen LogP contribution is -2.59. The Balaban J connectivity index is 1.86. The molecule has 1 saturated carbocycles. The SMILES string of the molecule is NC1C(=O)C2CCCCC2NC1c1ccccc1. The van der Waals surface area contributed by atoms with E-state index in [-0.39, 0.29) is 17.7 Å². The van der Waals surface area contributed by atoms with Gasteiger partial charge in [-0.2, -0.15) is 0 Å². The Hall–Kier alpha value is -1.19. The van der Waals surface area contributed by atoms with Gasteiger partial charge in [-0.3, -0.25) is 4.79 Å². The second-order valence-corrected chi connectivity index (χ2v) is 5.48. The molecule has 1 aromatic rings. The molecule has 96 valence electrons. The number of ketones is 1. The highest BCUT2D eigenvalue weighted by molar-refractivity contribution is 5.88. The van der Waals surface area contributed by atoms with Crippen LogP contribution in [0.15, 0.2) is 30.3 Å². The number of rotatable bonds is 1. The Morgan fingerprint density at radius 3 is 2.61 bits per heavy atom. The fraction of sp³-hybridized carbons (Fsp3) is 0.533. The molecular weight excluding hydrogens is 224 g/mol. The van der Waals surface area contributed by atoms with Crippen molar-refractivity contribution in [2.75, 3.05) is 0 Å². The molecule has 4 unspecified atom stereocenters. The fourth-order valence-electron chi connectivity index (χ4n) is 3.38. The molecule has 3 nitrogen and oxygen atoms in total. The molecule has 18 heavy (non-hydrogen) atoms. The minimum atomic E-state index is -0.397. The first-order valence-electron chi connectivity index (χ1n) is 6.87. The third kappa shape index (κ3) is 1.98. The third-order valence-corrected chi connectivity index (χ3v) is 4.37. The van der Waals surface area contributed by atoms with Gasteiger partial charge in [-0.15, -0.1) is 0 Å².